The van der Waals surface area contributed by atoms with Gasteiger partial charge >= 0.3 is 0 Å². The number of nitrogens with two attached hydrogens (primary N) is 2. The first-order valence-electron chi connectivity index (χ1n) is 11.8. The van der Waals surface area contributed by atoms with Crippen molar-refractivity contribution in [1.29, 1.82) is 0 Å². The molecule has 0 spiro atoms. The molecular weight excluding hydrogens is 506 g/mol. The number of ether oxygens (including phenoxy) is 2. The number of anilines is 2. The maximum atomic E-state index is 12.1. The van der Waals surface area contributed by atoms with Gasteiger partial charge in [0.15, 0.2) is 22.3 Å². The van der Waals surface area contributed by atoms with Crippen LogP contribution in [0.3, 0.4) is 0 Å². The van der Waals surface area contributed by atoms with Crippen LogP contribution in [0, 0.1) is 0 Å². The summed E-state index contributed by atoms with van der Waals surface area (Å²) in [5, 5.41) is 20.4. The molecule has 0 aromatic carbocycles. The summed E-state index contributed by atoms with van der Waals surface area (Å²) >= 11 is 0. The number of aliphatic hydroxyl groups is 2. The summed E-state index contributed by atoms with van der Waals surface area (Å²) in [4.78, 5) is 51.1. The summed E-state index contributed by atoms with van der Waals surface area (Å²) in [5.74, 6) is -0.113. The minimum Gasteiger partial charge on any atom is -0.394 e. The van der Waals surface area contributed by atoms with Gasteiger partial charge in [-0.15, -0.1) is 0 Å². The molecule has 6 atom stereocenters. The van der Waals surface area contributed by atoms with Gasteiger partial charge in [0, 0.05) is 19.4 Å². The molecule has 6 rings (SSSR count). The highest BCUT2D eigenvalue weighted by Gasteiger charge is 2.39. The van der Waals surface area contributed by atoms with Crippen molar-refractivity contribution in [3.05, 3.63) is 33.4 Å². The largest absolute Gasteiger partial charge is 0.394 e. The van der Waals surface area contributed by atoms with Crippen LogP contribution in [0.1, 0.15) is 25.3 Å². The van der Waals surface area contributed by atoms with E-state index in [1.54, 1.807) is 9.13 Å². The maximum Gasteiger partial charge on any atom is 0.280 e. The number of nitrogens with zero attached hydrogens (tertiary/aromatic N) is 6. The second-order valence-electron chi connectivity index (χ2n) is 9.03. The van der Waals surface area contributed by atoms with Gasteiger partial charge in [-0.1, -0.05) is 0 Å². The summed E-state index contributed by atoms with van der Waals surface area (Å²) < 4.78 is 15.0. The maximum absolute atomic E-state index is 12.1. The Morgan fingerprint density at radius 2 is 1.53 bits per heavy atom. The van der Waals surface area contributed by atoms with E-state index in [-0.39, 0.29) is 53.8 Å². The van der Waals surface area contributed by atoms with E-state index >= 15 is 0 Å². The van der Waals surface area contributed by atoms with Crippen molar-refractivity contribution in [2.45, 2.75) is 49.7 Å². The van der Waals surface area contributed by atoms with Gasteiger partial charge < -0.3 is 31.2 Å². The fraction of sp³-hybridized carbons (Fsp3) is 0.500. The SMILES string of the molecule is Nc1nc2c(ncn2[C@H]2C[C@H](ONC[C@H]3O[C@@H](n4cnc5c(=O)[nH]c(N)nc54)C[C@@H]3O)[C@H](CO)O2)c(=O)[nH]1. The smallest absolute Gasteiger partial charge is 0.280 e. The number of H-pyrrole nitrogens is 2. The van der Waals surface area contributed by atoms with Crippen molar-refractivity contribution in [3.63, 3.8) is 0 Å². The Labute approximate surface area is 211 Å². The fourth-order valence-corrected chi connectivity index (χ4v) is 4.77. The first-order chi connectivity index (χ1) is 18.3. The highest BCUT2D eigenvalue weighted by Crippen LogP contribution is 2.33. The quantitative estimate of drug-likeness (QED) is 0.119. The molecule has 2 fully saturated rings. The lowest BCUT2D eigenvalue weighted by molar-refractivity contribution is -0.104. The average Bonchev–Trinajstić information content (AvgIpc) is 3.64. The van der Waals surface area contributed by atoms with Gasteiger partial charge in [-0.25, -0.2) is 9.97 Å². The second-order valence-corrected chi connectivity index (χ2v) is 9.03. The van der Waals surface area contributed by atoms with Crippen LogP contribution in [0.2, 0.25) is 0 Å². The van der Waals surface area contributed by atoms with E-state index in [4.69, 9.17) is 25.8 Å². The Morgan fingerprint density at radius 3 is 2.11 bits per heavy atom. The summed E-state index contributed by atoms with van der Waals surface area (Å²) in [6.45, 7) is -0.208. The Hall–Kier alpha value is -3.94. The van der Waals surface area contributed by atoms with Gasteiger partial charge in [0.2, 0.25) is 11.9 Å². The van der Waals surface area contributed by atoms with Gasteiger partial charge in [-0.3, -0.25) is 33.5 Å². The first kappa shape index (κ1) is 24.4. The zero-order chi connectivity index (χ0) is 26.6. The molecule has 18 nitrogen and oxygen atoms in total. The predicted molar refractivity (Wildman–Crippen MR) is 128 cm³/mol. The zero-order valence-corrected chi connectivity index (χ0v) is 19.7. The Morgan fingerprint density at radius 1 is 0.974 bits per heavy atom. The van der Waals surface area contributed by atoms with Gasteiger partial charge in [0.25, 0.3) is 11.1 Å². The van der Waals surface area contributed by atoms with Gasteiger partial charge in [-0.2, -0.15) is 15.4 Å². The van der Waals surface area contributed by atoms with E-state index in [0.717, 1.165) is 0 Å². The molecule has 4 aromatic heterocycles. The Bertz CT molecular complexity index is 1600. The second kappa shape index (κ2) is 9.42. The molecule has 6 heterocycles. The number of nitrogens with one attached hydrogen (secondary N) is 3. The number of imidazole rings is 2. The van der Waals surface area contributed by atoms with Crippen molar-refractivity contribution in [3.8, 4) is 0 Å². The summed E-state index contributed by atoms with van der Waals surface area (Å²) in [7, 11) is 0. The number of nitrogen functional groups attached to an aromatic ring is 2. The van der Waals surface area contributed by atoms with E-state index in [2.05, 4.69) is 35.4 Å². The highest BCUT2D eigenvalue weighted by atomic mass is 16.7. The van der Waals surface area contributed by atoms with Crippen molar-refractivity contribution in [2.24, 2.45) is 0 Å². The van der Waals surface area contributed by atoms with E-state index in [1.807, 2.05) is 0 Å². The monoisotopic (exact) mass is 531 g/mol. The molecule has 202 valence electrons. The molecule has 38 heavy (non-hydrogen) atoms. The number of aliphatic hydroxyl groups excluding tert-OH is 2. The number of hydrogen-bond donors (Lipinski definition) is 7. The normalized spacial score (nSPS) is 27.6. The third kappa shape index (κ3) is 4.18. The van der Waals surface area contributed by atoms with Crippen molar-refractivity contribution in [1.82, 2.24) is 44.5 Å². The van der Waals surface area contributed by atoms with E-state index < -0.39 is 48.0 Å². The van der Waals surface area contributed by atoms with Gasteiger partial charge in [-0.05, 0) is 0 Å². The number of hydroxylamine groups is 1. The molecule has 0 saturated carbocycles. The number of aromatic amines is 2. The Kier molecular flexibility index (Phi) is 6.05. The lowest BCUT2D eigenvalue weighted by atomic mass is 10.2. The molecule has 0 amide bonds. The molecule has 0 unspecified atom stereocenters. The molecule has 2 saturated heterocycles. The van der Waals surface area contributed by atoms with Gasteiger partial charge in [0.05, 0.1) is 25.4 Å². The molecule has 0 bridgehead atoms. The lowest BCUT2D eigenvalue weighted by Gasteiger charge is -2.20. The molecule has 18 heteroatoms. The van der Waals surface area contributed by atoms with Crippen LogP contribution in [0.4, 0.5) is 11.9 Å². The zero-order valence-electron chi connectivity index (χ0n) is 19.7. The third-order valence-corrected chi connectivity index (χ3v) is 6.61. The summed E-state index contributed by atoms with van der Waals surface area (Å²) in [5.41, 5.74) is 13.9. The number of rotatable bonds is 7. The molecule has 4 aromatic rings. The molecule has 9 N–H and O–H groups in total. The molecule has 2 aliphatic heterocycles. The van der Waals surface area contributed by atoms with E-state index in [1.165, 1.54) is 12.7 Å². The minimum absolute atomic E-state index is 0.0559. The van der Waals surface area contributed by atoms with Crippen LogP contribution in [-0.2, 0) is 14.3 Å². The topological polar surface area (TPSA) is 259 Å². The predicted octanol–water partition coefficient (Wildman–Crippen LogP) is -2.76. The van der Waals surface area contributed by atoms with Crippen LogP contribution in [0.25, 0.3) is 22.3 Å². The molecule has 0 aliphatic carbocycles. The van der Waals surface area contributed by atoms with Crippen LogP contribution >= 0.6 is 0 Å². The average molecular weight is 531 g/mol. The highest BCUT2D eigenvalue weighted by molar-refractivity contribution is 5.71. The summed E-state index contributed by atoms with van der Waals surface area (Å²) in [6.07, 6.45) is -0.647. The van der Waals surface area contributed by atoms with Crippen LogP contribution in [0.5, 0.6) is 0 Å². The van der Waals surface area contributed by atoms with E-state index in [9.17, 15) is 19.8 Å². The minimum atomic E-state index is -0.846. The number of hydrogen-bond acceptors (Lipinski definition) is 14. The Balaban J connectivity index is 1.10. The van der Waals surface area contributed by atoms with Crippen LogP contribution < -0.4 is 28.1 Å². The number of aromatic nitrogens is 8. The molecular formula is C20H25N11O7. The molecule has 0 radical (unpaired) electrons. The van der Waals surface area contributed by atoms with Crippen LogP contribution in [0.15, 0.2) is 22.2 Å². The van der Waals surface area contributed by atoms with Crippen molar-refractivity contribution in [2.75, 3.05) is 24.6 Å². The van der Waals surface area contributed by atoms with Crippen LogP contribution in [-0.4, -0.2) is 86.8 Å². The van der Waals surface area contributed by atoms with E-state index in [0.29, 0.717) is 6.42 Å². The lowest BCUT2D eigenvalue weighted by Crippen LogP contribution is -2.39. The van der Waals surface area contributed by atoms with Crippen molar-refractivity contribution < 1.29 is 24.5 Å². The van der Waals surface area contributed by atoms with Gasteiger partial charge in [0.1, 0.15) is 30.8 Å². The summed E-state index contributed by atoms with van der Waals surface area (Å²) in [6, 6.07) is 0. The number of fused-ring (bicyclic) bond motifs is 2. The standard InChI is InChI=1S/C20H25N11O7/c21-19-26-15-13(17(34)28-19)23-5-30(15)11-1-7(33)9(36-11)3-25-38-8-2-12(37-10(8)4-32)31-6-24-14-16(31)27-20(22)29-18(14)35/h5-12,25,32-33H,1-4H2,(H3,21,26,28,34)(H3,22,27,29,35)/t7-,8-,9+,10-,11+,12+/m0/s1. The first-order valence-corrected chi connectivity index (χ1v) is 11.8. The van der Waals surface area contributed by atoms with Crippen molar-refractivity contribution >= 4 is 34.2 Å². The molecule has 2 aliphatic rings. The third-order valence-electron chi connectivity index (χ3n) is 6.61. The fourth-order valence-electron chi connectivity index (χ4n) is 4.77.